The Morgan fingerprint density at radius 1 is 1.30 bits per heavy atom. The predicted molar refractivity (Wildman–Crippen MR) is 74.2 cm³/mol. The second-order valence-electron chi connectivity index (χ2n) is 4.91. The van der Waals surface area contributed by atoms with Gasteiger partial charge in [0.15, 0.2) is 0 Å². The second kappa shape index (κ2) is 6.76. The third-order valence-corrected chi connectivity index (χ3v) is 2.69. The van der Waals surface area contributed by atoms with Gasteiger partial charge in [-0.2, -0.15) is 13.2 Å². The van der Waals surface area contributed by atoms with Gasteiger partial charge in [0.2, 0.25) is 0 Å². The summed E-state index contributed by atoms with van der Waals surface area (Å²) in [6, 6.07) is 1.55. The molecule has 1 N–H and O–H groups in total. The highest BCUT2D eigenvalue weighted by molar-refractivity contribution is 5.49. The van der Waals surface area contributed by atoms with Crippen LogP contribution in [0.25, 0.3) is 0 Å². The molecule has 1 rings (SSSR count). The van der Waals surface area contributed by atoms with Crippen LogP contribution in [0.4, 0.5) is 24.8 Å². The Morgan fingerprint density at radius 3 is 2.40 bits per heavy atom. The second-order valence-corrected chi connectivity index (χ2v) is 4.91. The zero-order chi connectivity index (χ0) is 15.3. The van der Waals surface area contributed by atoms with Crippen molar-refractivity contribution in [2.45, 2.75) is 39.3 Å². The highest BCUT2D eigenvalue weighted by Gasteiger charge is 2.31. The van der Waals surface area contributed by atoms with E-state index >= 15 is 0 Å². The van der Waals surface area contributed by atoms with Crippen LogP contribution in [0.5, 0.6) is 0 Å². The topological polar surface area (TPSA) is 41.0 Å². The van der Waals surface area contributed by atoms with Gasteiger partial charge in [-0.3, -0.25) is 0 Å². The highest BCUT2D eigenvalue weighted by Crippen LogP contribution is 2.24. The van der Waals surface area contributed by atoms with E-state index in [4.69, 9.17) is 0 Å². The van der Waals surface area contributed by atoms with Crippen LogP contribution in [0.2, 0.25) is 0 Å². The molecular formula is C13H21F3N4. The van der Waals surface area contributed by atoms with Crippen molar-refractivity contribution in [2.75, 3.05) is 30.4 Å². The first kappa shape index (κ1) is 16.5. The molecule has 0 spiro atoms. The third-order valence-electron chi connectivity index (χ3n) is 2.69. The fourth-order valence-electron chi connectivity index (χ4n) is 1.76. The summed E-state index contributed by atoms with van der Waals surface area (Å²) >= 11 is 0. The maximum atomic E-state index is 12.7. The summed E-state index contributed by atoms with van der Waals surface area (Å²) < 4.78 is 38.0. The Labute approximate surface area is 117 Å². The molecule has 0 amide bonds. The summed E-state index contributed by atoms with van der Waals surface area (Å²) in [7, 11) is 1.68. The number of hydrogen-bond donors (Lipinski definition) is 1. The molecule has 0 saturated heterocycles. The first-order valence-electron chi connectivity index (χ1n) is 6.65. The molecule has 0 radical (unpaired) electrons. The van der Waals surface area contributed by atoms with Gasteiger partial charge in [0, 0.05) is 25.6 Å². The molecule has 0 bridgehead atoms. The number of aromatic nitrogens is 2. The van der Waals surface area contributed by atoms with Gasteiger partial charge < -0.3 is 10.2 Å². The Kier molecular flexibility index (Phi) is 5.59. The van der Waals surface area contributed by atoms with Crippen molar-refractivity contribution in [3.63, 3.8) is 0 Å². The molecule has 20 heavy (non-hydrogen) atoms. The molecular weight excluding hydrogens is 269 g/mol. The van der Waals surface area contributed by atoms with E-state index in [2.05, 4.69) is 15.3 Å². The van der Waals surface area contributed by atoms with E-state index < -0.39 is 12.7 Å². The van der Waals surface area contributed by atoms with Crippen LogP contribution >= 0.6 is 0 Å². The van der Waals surface area contributed by atoms with Gasteiger partial charge in [-0.15, -0.1) is 0 Å². The lowest BCUT2D eigenvalue weighted by Gasteiger charge is -2.25. The smallest absolute Gasteiger partial charge is 0.373 e. The highest BCUT2D eigenvalue weighted by atomic mass is 19.4. The number of anilines is 2. The zero-order valence-electron chi connectivity index (χ0n) is 12.3. The van der Waals surface area contributed by atoms with Crippen molar-refractivity contribution in [1.82, 2.24) is 9.97 Å². The largest absolute Gasteiger partial charge is 0.405 e. The van der Waals surface area contributed by atoms with Crippen molar-refractivity contribution < 1.29 is 13.2 Å². The summed E-state index contributed by atoms with van der Waals surface area (Å²) in [6.45, 7) is 4.96. The molecule has 0 aliphatic rings. The fourth-order valence-corrected chi connectivity index (χ4v) is 1.76. The maximum absolute atomic E-state index is 12.7. The number of nitrogens with one attached hydrogen (secondary N) is 1. The molecule has 0 aliphatic carbocycles. The van der Waals surface area contributed by atoms with Gasteiger partial charge in [0.05, 0.1) is 0 Å². The molecule has 7 heteroatoms. The molecule has 0 saturated carbocycles. The summed E-state index contributed by atoms with van der Waals surface area (Å²) in [5.41, 5.74) is 0. The average Bonchev–Trinajstić information content (AvgIpc) is 2.36. The van der Waals surface area contributed by atoms with E-state index in [1.165, 1.54) is 4.90 Å². The van der Waals surface area contributed by atoms with Gasteiger partial charge in [-0.05, 0) is 6.42 Å². The van der Waals surface area contributed by atoms with E-state index in [1.807, 2.05) is 20.8 Å². The number of rotatable bonds is 6. The normalized spacial score (nSPS) is 11.8. The minimum absolute atomic E-state index is 0.0522. The van der Waals surface area contributed by atoms with Gasteiger partial charge in [0.1, 0.15) is 24.0 Å². The SMILES string of the molecule is CCCN(CC(F)(F)F)c1cc(NC)nc(C(C)C)n1. The molecule has 0 aliphatic heterocycles. The van der Waals surface area contributed by atoms with E-state index in [1.54, 1.807) is 13.1 Å². The van der Waals surface area contributed by atoms with Crippen LogP contribution < -0.4 is 10.2 Å². The fraction of sp³-hybridized carbons (Fsp3) is 0.692. The predicted octanol–water partition coefficient (Wildman–Crippen LogP) is 3.42. The number of hydrogen-bond acceptors (Lipinski definition) is 4. The van der Waals surface area contributed by atoms with Crippen molar-refractivity contribution in [2.24, 2.45) is 0 Å². The molecule has 4 nitrogen and oxygen atoms in total. The average molecular weight is 290 g/mol. The van der Waals surface area contributed by atoms with E-state index in [0.29, 0.717) is 30.4 Å². The molecule has 0 fully saturated rings. The van der Waals surface area contributed by atoms with Gasteiger partial charge in [0.25, 0.3) is 0 Å². The van der Waals surface area contributed by atoms with E-state index in [0.717, 1.165) is 0 Å². The van der Waals surface area contributed by atoms with Crippen LogP contribution in [0.15, 0.2) is 6.07 Å². The number of nitrogens with zero attached hydrogens (tertiary/aromatic N) is 3. The molecule has 114 valence electrons. The monoisotopic (exact) mass is 290 g/mol. The molecule has 0 unspecified atom stereocenters. The molecule has 0 atom stereocenters. The Balaban J connectivity index is 3.14. The first-order valence-corrected chi connectivity index (χ1v) is 6.65. The standard InChI is InChI=1S/C13H21F3N4/c1-5-6-20(8-13(14,15)16)11-7-10(17-4)18-12(19-11)9(2)3/h7,9H,5-6,8H2,1-4H3,(H,17,18,19). The van der Waals surface area contributed by atoms with Crippen LogP contribution in [0, 0.1) is 0 Å². The Hall–Kier alpha value is -1.53. The third kappa shape index (κ3) is 4.86. The molecule has 1 heterocycles. The van der Waals surface area contributed by atoms with Crippen molar-refractivity contribution in [3.05, 3.63) is 11.9 Å². The summed E-state index contributed by atoms with van der Waals surface area (Å²) in [5.74, 6) is 1.43. The zero-order valence-corrected chi connectivity index (χ0v) is 12.3. The van der Waals surface area contributed by atoms with Gasteiger partial charge >= 0.3 is 6.18 Å². The van der Waals surface area contributed by atoms with Crippen LogP contribution in [-0.4, -0.2) is 36.3 Å². The van der Waals surface area contributed by atoms with Crippen LogP contribution in [-0.2, 0) is 0 Å². The van der Waals surface area contributed by atoms with Crippen LogP contribution in [0.1, 0.15) is 38.9 Å². The lowest BCUT2D eigenvalue weighted by atomic mass is 10.2. The number of alkyl halides is 3. The molecule has 1 aromatic rings. The molecule has 1 aromatic heterocycles. The summed E-state index contributed by atoms with van der Waals surface area (Å²) in [6.07, 6.45) is -3.64. The van der Waals surface area contributed by atoms with Crippen molar-refractivity contribution in [1.29, 1.82) is 0 Å². The molecule has 0 aromatic carbocycles. The Morgan fingerprint density at radius 2 is 1.95 bits per heavy atom. The van der Waals surface area contributed by atoms with E-state index in [-0.39, 0.29) is 5.92 Å². The first-order chi connectivity index (χ1) is 9.26. The van der Waals surface area contributed by atoms with Gasteiger partial charge in [-0.25, -0.2) is 9.97 Å². The van der Waals surface area contributed by atoms with Crippen LogP contribution in [0.3, 0.4) is 0 Å². The van der Waals surface area contributed by atoms with E-state index in [9.17, 15) is 13.2 Å². The lowest BCUT2D eigenvalue weighted by molar-refractivity contribution is -0.119. The lowest BCUT2D eigenvalue weighted by Crippen LogP contribution is -2.35. The van der Waals surface area contributed by atoms with Gasteiger partial charge in [-0.1, -0.05) is 20.8 Å². The quantitative estimate of drug-likeness (QED) is 0.871. The minimum Gasteiger partial charge on any atom is -0.373 e. The summed E-state index contributed by atoms with van der Waals surface area (Å²) in [4.78, 5) is 9.76. The number of halogens is 3. The maximum Gasteiger partial charge on any atom is 0.405 e. The minimum atomic E-state index is -4.25. The summed E-state index contributed by atoms with van der Waals surface area (Å²) in [5, 5.41) is 2.86. The van der Waals surface area contributed by atoms with Crippen molar-refractivity contribution >= 4 is 11.6 Å². The van der Waals surface area contributed by atoms with Crippen molar-refractivity contribution in [3.8, 4) is 0 Å². The Bertz CT molecular complexity index is 432.